The zero-order chi connectivity index (χ0) is 9.31. The van der Waals surface area contributed by atoms with Crippen LogP contribution < -0.4 is 11.1 Å². The van der Waals surface area contributed by atoms with Crippen LogP contribution in [-0.4, -0.2) is 49.3 Å². The number of morpholine rings is 1. The van der Waals surface area contributed by atoms with Crippen LogP contribution in [0, 0.1) is 0 Å². The highest BCUT2D eigenvalue weighted by Crippen LogP contribution is 2.25. The Kier molecular flexibility index (Phi) is 2.13. The Morgan fingerprint density at radius 3 is 3.00 bits per heavy atom. The van der Waals surface area contributed by atoms with E-state index in [-0.39, 0.29) is 11.6 Å². The standard InChI is InChI=1S/C8H15N3O2/c9-7(12)11-3-1-8(6-11)5-10-2-4-13-8/h10H,1-6H2,(H2,9,12). The summed E-state index contributed by atoms with van der Waals surface area (Å²) in [6.07, 6.45) is 0.892. The largest absolute Gasteiger partial charge is 0.370 e. The lowest BCUT2D eigenvalue weighted by Gasteiger charge is -2.33. The summed E-state index contributed by atoms with van der Waals surface area (Å²) in [6.45, 7) is 3.81. The molecule has 2 fully saturated rings. The van der Waals surface area contributed by atoms with Gasteiger partial charge in [-0.05, 0) is 6.42 Å². The van der Waals surface area contributed by atoms with E-state index in [0.29, 0.717) is 6.54 Å². The van der Waals surface area contributed by atoms with Crippen LogP contribution in [0.2, 0.25) is 0 Å². The van der Waals surface area contributed by atoms with Gasteiger partial charge in [-0.3, -0.25) is 0 Å². The third-order valence-corrected chi connectivity index (χ3v) is 2.76. The van der Waals surface area contributed by atoms with Crippen LogP contribution in [-0.2, 0) is 4.74 Å². The molecule has 74 valence electrons. The molecule has 2 aliphatic rings. The van der Waals surface area contributed by atoms with Crippen LogP contribution >= 0.6 is 0 Å². The molecule has 5 heteroatoms. The summed E-state index contributed by atoms with van der Waals surface area (Å²) in [7, 11) is 0. The van der Waals surface area contributed by atoms with Gasteiger partial charge in [-0.1, -0.05) is 0 Å². The van der Waals surface area contributed by atoms with Crippen molar-refractivity contribution in [2.24, 2.45) is 5.73 Å². The second-order valence-electron chi connectivity index (χ2n) is 3.72. The fraction of sp³-hybridized carbons (Fsp3) is 0.875. The van der Waals surface area contributed by atoms with E-state index >= 15 is 0 Å². The number of carbonyl (C=O) groups excluding carboxylic acids is 1. The summed E-state index contributed by atoms with van der Waals surface area (Å²) in [5.41, 5.74) is 5.04. The molecule has 3 N–H and O–H groups in total. The minimum absolute atomic E-state index is 0.159. The van der Waals surface area contributed by atoms with E-state index in [1.165, 1.54) is 0 Å². The van der Waals surface area contributed by atoms with Gasteiger partial charge in [0.25, 0.3) is 0 Å². The maximum atomic E-state index is 10.9. The van der Waals surface area contributed by atoms with E-state index < -0.39 is 0 Å². The van der Waals surface area contributed by atoms with Crippen molar-refractivity contribution >= 4 is 6.03 Å². The van der Waals surface area contributed by atoms with Crippen LogP contribution in [0.3, 0.4) is 0 Å². The molecule has 0 saturated carbocycles. The molecule has 2 rings (SSSR count). The fourth-order valence-corrected chi connectivity index (χ4v) is 2.00. The van der Waals surface area contributed by atoms with Gasteiger partial charge in [0.15, 0.2) is 0 Å². The molecule has 0 aromatic rings. The van der Waals surface area contributed by atoms with Gasteiger partial charge in [-0.2, -0.15) is 0 Å². The lowest BCUT2D eigenvalue weighted by Crippen LogP contribution is -2.52. The topological polar surface area (TPSA) is 67.6 Å². The average Bonchev–Trinajstić information content (AvgIpc) is 2.51. The number of hydrogen-bond donors (Lipinski definition) is 2. The van der Waals surface area contributed by atoms with Gasteiger partial charge in [0.1, 0.15) is 0 Å². The number of rotatable bonds is 0. The van der Waals surface area contributed by atoms with Crippen molar-refractivity contribution in [1.82, 2.24) is 10.2 Å². The maximum Gasteiger partial charge on any atom is 0.314 e. The second kappa shape index (κ2) is 3.16. The molecule has 0 radical (unpaired) electrons. The zero-order valence-electron chi connectivity index (χ0n) is 7.58. The van der Waals surface area contributed by atoms with Gasteiger partial charge in [-0.15, -0.1) is 0 Å². The minimum Gasteiger partial charge on any atom is -0.370 e. The normalized spacial score (nSPS) is 34.0. The number of urea groups is 1. The number of nitrogens with zero attached hydrogens (tertiary/aromatic N) is 1. The van der Waals surface area contributed by atoms with E-state index in [0.717, 1.165) is 32.7 Å². The van der Waals surface area contributed by atoms with Crippen molar-refractivity contribution in [3.63, 3.8) is 0 Å². The number of ether oxygens (including phenoxy) is 1. The van der Waals surface area contributed by atoms with Crippen molar-refractivity contribution < 1.29 is 9.53 Å². The molecule has 0 bridgehead atoms. The van der Waals surface area contributed by atoms with Crippen molar-refractivity contribution in [2.45, 2.75) is 12.0 Å². The molecule has 5 nitrogen and oxygen atoms in total. The van der Waals surface area contributed by atoms with Crippen molar-refractivity contribution in [3.8, 4) is 0 Å². The van der Waals surface area contributed by atoms with Crippen molar-refractivity contribution in [1.29, 1.82) is 0 Å². The van der Waals surface area contributed by atoms with Gasteiger partial charge in [0, 0.05) is 19.6 Å². The third-order valence-electron chi connectivity index (χ3n) is 2.76. The van der Waals surface area contributed by atoms with Crippen molar-refractivity contribution in [3.05, 3.63) is 0 Å². The molecule has 0 aromatic carbocycles. The predicted octanol–water partition coefficient (Wildman–Crippen LogP) is -0.871. The van der Waals surface area contributed by atoms with Gasteiger partial charge < -0.3 is 20.7 Å². The van der Waals surface area contributed by atoms with Crippen LogP contribution in [0.15, 0.2) is 0 Å². The maximum absolute atomic E-state index is 10.9. The molecule has 1 unspecified atom stereocenters. The third kappa shape index (κ3) is 1.62. The Balaban J connectivity index is 1.98. The number of likely N-dealkylation sites (tertiary alicyclic amines) is 1. The Bertz CT molecular complexity index is 213. The molecular weight excluding hydrogens is 170 g/mol. The smallest absolute Gasteiger partial charge is 0.314 e. The highest BCUT2D eigenvalue weighted by molar-refractivity contribution is 5.72. The lowest BCUT2D eigenvalue weighted by molar-refractivity contribution is -0.0551. The molecule has 1 atom stereocenters. The van der Waals surface area contributed by atoms with E-state index in [4.69, 9.17) is 10.5 Å². The Labute approximate surface area is 77.2 Å². The number of carbonyl (C=O) groups is 1. The number of hydrogen-bond acceptors (Lipinski definition) is 3. The molecule has 0 aliphatic carbocycles. The highest BCUT2D eigenvalue weighted by Gasteiger charge is 2.41. The molecule has 0 aromatic heterocycles. The number of nitrogens with one attached hydrogen (secondary N) is 1. The van der Waals surface area contributed by atoms with E-state index in [2.05, 4.69) is 5.32 Å². The van der Waals surface area contributed by atoms with Crippen molar-refractivity contribution in [2.75, 3.05) is 32.8 Å². The Morgan fingerprint density at radius 1 is 1.62 bits per heavy atom. The predicted molar refractivity (Wildman–Crippen MR) is 47.3 cm³/mol. The number of amides is 2. The van der Waals surface area contributed by atoms with Gasteiger partial charge >= 0.3 is 6.03 Å². The van der Waals surface area contributed by atoms with Gasteiger partial charge in [-0.25, -0.2) is 4.79 Å². The number of primary amides is 1. The Hall–Kier alpha value is -0.810. The molecule has 2 aliphatic heterocycles. The SMILES string of the molecule is NC(=O)N1CCC2(CNCCO2)C1. The lowest BCUT2D eigenvalue weighted by atomic mass is 10.0. The number of nitrogens with two attached hydrogens (primary N) is 1. The molecule has 1 spiro atoms. The highest BCUT2D eigenvalue weighted by atomic mass is 16.5. The first-order valence-electron chi connectivity index (χ1n) is 4.61. The summed E-state index contributed by atoms with van der Waals surface area (Å²) >= 11 is 0. The molecular formula is C8H15N3O2. The average molecular weight is 185 g/mol. The first-order chi connectivity index (χ1) is 6.22. The quantitative estimate of drug-likeness (QED) is 0.515. The summed E-state index contributed by atoms with van der Waals surface area (Å²) in [5.74, 6) is 0. The monoisotopic (exact) mass is 185 g/mol. The van der Waals surface area contributed by atoms with Gasteiger partial charge in [0.05, 0.1) is 18.8 Å². The summed E-state index contributed by atoms with van der Waals surface area (Å²) < 4.78 is 5.69. The summed E-state index contributed by atoms with van der Waals surface area (Å²) in [5, 5.41) is 3.27. The van der Waals surface area contributed by atoms with E-state index in [1.54, 1.807) is 4.90 Å². The first-order valence-corrected chi connectivity index (χ1v) is 4.61. The molecule has 2 saturated heterocycles. The Morgan fingerprint density at radius 2 is 2.46 bits per heavy atom. The minimum atomic E-state index is -0.342. The fourth-order valence-electron chi connectivity index (χ4n) is 2.00. The second-order valence-corrected chi connectivity index (χ2v) is 3.72. The van der Waals surface area contributed by atoms with Crippen LogP contribution in [0.4, 0.5) is 4.79 Å². The van der Waals surface area contributed by atoms with Gasteiger partial charge in [0.2, 0.25) is 0 Å². The molecule has 2 amide bonds. The van der Waals surface area contributed by atoms with E-state index in [9.17, 15) is 4.79 Å². The first kappa shape index (κ1) is 8.77. The summed E-state index contributed by atoms with van der Waals surface area (Å²) in [4.78, 5) is 12.5. The van der Waals surface area contributed by atoms with E-state index in [1.807, 2.05) is 0 Å². The zero-order valence-corrected chi connectivity index (χ0v) is 7.58. The molecule has 2 heterocycles. The molecule has 13 heavy (non-hydrogen) atoms. The van der Waals surface area contributed by atoms with Crippen LogP contribution in [0.25, 0.3) is 0 Å². The van der Waals surface area contributed by atoms with Crippen LogP contribution in [0.5, 0.6) is 0 Å². The summed E-state index contributed by atoms with van der Waals surface area (Å²) in [6, 6.07) is -0.342. The van der Waals surface area contributed by atoms with Crippen LogP contribution in [0.1, 0.15) is 6.42 Å².